The lowest BCUT2D eigenvalue weighted by Gasteiger charge is -2.45. The number of carbonyl (C=O) groups excluding carboxylic acids is 1. The predicted molar refractivity (Wildman–Crippen MR) is 171 cm³/mol. The van der Waals surface area contributed by atoms with Crippen LogP contribution in [0.5, 0.6) is 0 Å². The number of hydrogen-bond acceptors (Lipinski definition) is 5. The molecule has 0 unspecified atom stereocenters. The minimum atomic E-state index is 0.335. The molecule has 3 saturated heterocycles. The van der Waals surface area contributed by atoms with Crippen LogP contribution in [-0.2, 0) is 16.1 Å². The van der Waals surface area contributed by atoms with Gasteiger partial charge in [-0.2, -0.15) is 0 Å². The van der Waals surface area contributed by atoms with Crippen LogP contribution < -0.4 is 0 Å². The summed E-state index contributed by atoms with van der Waals surface area (Å²) in [6, 6.07) is 26.5. The summed E-state index contributed by atoms with van der Waals surface area (Å²) in [5, 5.41) is 2.61. The number of amides is 1. The summed E-state index contributed by atoms with van der Waals surface area (Å²) in [7, 11) is 0. The molecule has 0 spiro atoms. The number of piperidine rings is 1. The van der Waals surface area contributed by atoms with Crippen LogP contribution in [0.1, 0.15) is 30.4 Å². The van der Waals surface area contributed by atoms with Gasteiger partial charge in [-0.15, -0.1) is 0 Å². The van der Waals surface area contributed by atoms with Gasteiger partial charge in [-0.1, -0.05) is 78.9 Å². The molecule has 3 aromatic carbocycles. The Morgan fingerprint density at radius 1 is 0.810 bits per heavy atom. The van der Waals surface area contributed by atoms with Gasteiger partial charge >= 0.3 is 0 Å². The van der Waals surface area contributed by atoms with E-state index < -0.39 is 0 Å². The topological polar surface area (TPSA) is 39.3 Å². The third kappa shape index (κ3) is 7.67. The van der Waals surface area contributed by atoms with Crippen molar-refractivity contribution in [2.24, 2.45) is 5.92 Å². The number of fused-ring (bicyclic) bond motifs is 1. The maximum absolute atomic E-state index is 13.4. The highest BCUT2D eigenvalue weighted by atomic mass is 16.5. The number of carbonyl (C=O) groups is 1. The molecule has 0 N–H and O–H groups in total. The number of hydrogen-bond donors (Lipinski definition) is 0. The first kappa shape index (κ1) is 29.1. The summed E-state index contributed by atoms with van der Waals surface area (Å²) in [4.78, 5) is 23.2. The molecular formula is C36H46N4O2. The van der Waals surface area contributed by atoms with Gasteiger partial charge in [0.1, 0.15) is 0 Å². The summed E-state index contributed by atoms with van der Waals surface area (Å²) in [6.45, 7) is 11.3. The summed E-state index contributed by atoms with van der Waals surface area (Å²) < 4.78 is 5.67. The van der Waals surface area contributed by atoms with Crippen LogP contribution in [0.3, 0.4) is 0 Å². The number of ether oxygens (including phenoxy) is 1. The first-order chi connectivity index (χ1) is 20.7. The highest BCUT2D eigenvalue weighted by molar-refractivity contribution is 5.83. The van der Waals surface area contributed by atoms with Gasteiger partial charge in [-0.3, -0.25) is 19.5 Å². The molecule has 222 valence electrons. The molecular weight excluding hydrogens is 520 g/mol. The van der Waals surface area contributed by atoms with Crippen LogP contribution in [0.2, 0.25) is 0 Å². The van der Waals surface area contributed by atoms with Gasteiger partial charge in [-0.25, -0.2) is 0 Å². The van der Waals surface area contributed by atoms with E-state index in [1.807, 2.05) is 6.07 Å². The van der Waals surface area contributed by atoms with E-state index in [-0.39, 0.29) is 0 Å². The largest absolute Gasteiger partial charge is 0.379 e. The molecule has 42 heavy (non-hydrogen) atoms. The molecule has 6 heteroatoms. The lowest BCUT2D eigenvalue weighted by atomic mass is 9.86. The van der Waals surface area contributed by atoms with Crippen molar-refractivity contribution in [3.8, 4) is 0 Å². The molecule has 0 aromatic heterocycles. The van der Waals surface area contributed by atoms with Gasteiger partial charge in [0, 0.05) is 71.4 Å². The van der Waals surface area contributed by atoms with E-state index in [9.17, 15) is 4.79 Å². The first-order valence-electron chi connectivity index (χ1n) is 15.9. The van der Waals surface area contributed by atoms with Gasteiger partial charge in [-0.05, 0) is 53.3 Å². The summed E-state index contributed by atoms with van der Waals surface area (Å²) >= 11 is 0. The molecule has 0 aliphatic carbocycles. The Bertz CT molecular complexity index is 1310. The van der Waals surface area contributed by atoms with Crippen molar-refractivity contribution in [2.45, 2.75) is 31.8 Å². The van der Waals surface area contributed by atoms with E-state index in [2.05, 4.69) is 98.5 Å². The van der Waals surface area contributed by atoms with Crippen LogP contribution in [0, 0.1) is 5.92 Å². The van der Waals surface area contributed by atoms with Crippen LogP contribution >= 0.6 is 0 Å². The van der Waals surface area contributed by atoms with Gasteiger partial charge in [0.25, 0.3) is 0 Å². The monoisotopic (exact) mass is 566 g/mol. The third-order valence-corrected chi connectivity index (χ3v) is 9.44. The summed E-state index contributed by atoms with van der Waals surface area (Å²) in [5.41, 5.74) is 2.62. The van der Waals surface area contributed by atoms with Gasteiger partial charge in [0.2, 0.25) is 5.91 Å². The highest BCUT2D eigenvalue weighted by Crippen LogP contribution is 2.29. The minimum absolute atomic E-state index is 0.335. The number of piperazine rings is 1. The number of nitrogens with zero attached hydrogens (tertiary/aromatic N) is 4. The quantitative estimate of drug-likeness (QED) is 0.365. The zero-order valence-electron chi connectivity index (χ0n) is 24.9. The van der Waals surface area contributed by atoms with E-state index in [0.29, 0.717) is 24.3 Å². The van der Waals surface area contributed by atoms with Crippen molar-refractivity contribution in [2.75, 3.05) is 72.1 Å². The third-order valence-electron chi connectivity index (χ3n) is 9.44. The van der Waals surface area contributed by atoms with Crippen molar-refractivity contribution < 1.29 is 9.53 Å². The fraction of sp³-hybridized carbons (Fsp3) is 0.472. The molecule has 3 fully saturated rings. The van der Waals surface area contributed by atoms with E-state index in [0.717, 1.165) is 85.1 Å². The van der Waals surface area contributed by atoms with Crippen LogP contribution in [-0.4, -0.2) is 104 Å². The Labute approximate surface area is 251 Å². The van der Waals surface area contributed by atoms with Crippen molar-refractivity contribution in [1.82, 2.24) is 19.6 Å². The Balaban J connectivity index is 1.02. The molecule has 3 aliphatic heterocycles. The molecule has 2 atom stereocenters. The van der Waals surface area contributed by atoms with Gasteiger partial charge in [0.05, 0.1) is 13.2 Å². The number of rotatable bonds is 9. The second-order valence-corrected chi connectivity index (χ2v) is 12.2. The Hall–Kier alpha value is -3.03. The summed E-state index contributed by atoms with van der Waals surface area (Å²) in [6.07, 6.45) is 7.22. The standard InChI is InChI=1S/C36H46N4O2/c41-36(40-21-19-37(20-22-40)17-6-9-30-7-2-1-3-8-30)15-14-34-29-38(18-16-35(34)39-23-25-42-26-24-39)28-31-12-13-32-10-4-5-11-33(32)27-31/h1-13,27,34-35H,14-26,28-29H2/b9-6+/t34-,35+/m0/s1. The summed E-state index contributed by atoms with van der Waals surface area (Å²) in [5.74, 6) is 0.840. The van der Waals surface area contributed by atoms with E-state index in [4.69, 9.17) is 4.74 Å². The number of likely N-dealkylation sites (tertiary alicyclic amines) is 1. The van der Waals surface area contributed by atoms with Crippen molar-refractivity contribution in [1.29, 1.82) is 0 Å². The van der Waals surface area contributed by atoms with Crippen molar-refractivity contribution in [3.63, 3.8) is 0 Å². The average molecular weight is 567 g/mol. The normalized spacial score (nSPS) is 23.1. The Kier molecular flexibility index (Phi) is 9.98. The smallest absolute Gasteiger partial charge is 0.222 e. The van der Waals surface area contributed by atoms with Crippen LogP contribution in [0.15, 0.2) is 78.9 Å². The SMILES string of the molecule is O=C(CC[C@H]1CN(Cc2ccc3ccccc3c2)CC[C@H]1N1CCOCC1)N1CCN(C/C=C/c2ccccc2)CC1. The van der Waals surface area contributed by atoms with E-state index >= 15 is 0 Å². The maximum atomic E-state index is 13.4. The molecule has 3 aromatic rings. The Morgan fingerprint density at radius 2 is 1.57 bits per heavy atom. The highest BCUT2D eigenvalue weighted by Gasteiger charge is 2.34. The molecule has 3 aliphatic rings. The van der Waals surface area contributed by atoms with Gasteiger partial charge < -0.3 is 9.64 Å². The molecule has 6 nitrogen and oxygen atoms in total. The fourth-order valence-corrected chi connectivity index (χ4v) is 7.06. The first-order valence-corrected chi connectivity index (χ1v) is 15.9. The lowest BCUT2D eigenvalue weighted by molar-refractivity contribution is -0.133. The van der Waals surface area contributed by atoms with Gasteiger partial charge in [0.15, 0.2) is 0 Å². The van der Waals surface area contributed by atoms with E-state index in [1.165, 1.54) is 28.3 Å². The zero-order valence-corrected chi connectivity index (χ0v) is 24.9. The number of morpholine rings is 1. The molecule has 3 heterocycles. The Morgan fingerprint density at radius 3 is 2.38 bits per heavy atom. The van der Waals surface area contributed by atoms with Crippen molar-refractivity contribution in [3.05, 3.63) is 90.0 Å². The molecule has 0 saturated carbocycles. The van der Waals surface area contributed by atoms with Crippen LogP contribution in [0.4, 0.5) is 0 Å². The molecule has 6 rings (SSSR count). The second kappa shape index (κ2) is 14.4. The average Bonchev–Trinajstić information content (AvgIpc) is 3.05. The molecule has 0 radical (unpaired) electrons. The fourth-order valence-electron chi connectivity index (χ4n) is 7.06. The maximum Gasteiger partial charge on any atom is 0.222 e. The second-order valence-electron chi connectivity index (χ2n) is 12.2. The minimum Gasteiger partial charge on any atom is -0.379 e. The van der Waals surface area contributed by atoms with Crippen LogP contribution in [0.25, 0.3) is 16.8 Å². The molecule has 1 amide bonds. The number of benzene rings is 3. The zero-order chi connectivity index (χ0) is 28.6. The van der Waals surface area contributed by atoms with E-state index in [1.54, 1.807) is 0 Å². The molecule has 0 bridgehead atoms. The van der Waals surface area contributed by atoms with Crippen molar-refractivity contribution >= 4 is 22.8 Å². The predicted octanol–water partition coefficient (Wildman–Crippen LogP) is 5.00. The lowest BCUT2D eigenvalue weighted by Crippen LogP contribution is -2.54.